The van der Waals surface area contributed by atoms with Crippen LogP contribution in [0.2, 0.25) is 0 Å². The minimum absolute atomic E-state index is 0.0452. The van der Waals surface area contributed by atoms with Crippen LogP contribution < -0.4 is 4.90 Å². The number of carbonyl (C=O) groups excluding carboxylic acids is 2. The lowest BCUT2D eigenvalue weighted by Gasteiger charge is -2.20. The molecule has 1 saturated carbocycles. The molecule has 1 aromatic carbocycles. The van der Waals surface area contributed by atoms with Crippen molar-refractivity contribution in [3.8, 4) is 0 Å². The molecule has 1 fully saturated rings. The minimum Gasteiger partial charge on any atom is -0.491 e. The van der Waals surface area contributed by atoms with E-state index in [-0.39, 0.29) is 5.76 Å². The van der Waals surface area contributed by atoms with E-state index in [0.717, 1.165) is 34.7 Å². The fourth-order valence-corrected chi connectivity index (χ4v) is 2.43. The molecule has 0 N–H and O–H groups in total. The largest absolute Gasteiger partial charge is 0.491 e. The van der Waals surface area contributed by atoms with Crippen molar-refractivity contribution in [2.75, 3.05) is 32.2 Å². The lowest BCUT2D eigenvalue weighted by molar-refractivity contribution is -0.132. The average Bonchev–Trinajstić information content (AvgIpc) is 3.54. The smallest absolute Gasteiger partial charge is 0.300 e. The first kappa shape index (κ1) is 22.8. The zero-order chi connectivity index (χ0) is 20.2. The first-order chi connectivity index (χ1) is 13.0. The summed E-state index contributed by atoms with van der Waals surface area (Å²) < 4.78 is 9.92. The number of rotatable bonds is 9. The van der Waals surface area contributed by atoms with Crippen LogP contribution in [0.5, 0.6) is 0 Å². The second kappa shape index (κ2) is 12.2. The standard InChI is InChI=1S/C16H20N2O3S.C4H8O/c1-4-17(5-2)14-8-6-13(7-9-14)10-15(21-3)16(20)18(11-19)12-22;1-5-4-2-3-4/h6-12H,4-5H2,1-3H3;4H,2-3H2,1H3/b15-10+;. The Bertz CT molecular complexity index is 630. The van der Waals surface area contributed by atoms with Crippen LogP contribution in [0.4, 0.5) is 5.69 Å². The molecule has 148 valence electrons. The molecule has 1 aliphatic rings. The van der Waals surface area contributed by atoms with Crippen molar-refractivity contribution in [1.82, 2.24) is 4.90 Å². The number of anilines is 1. The van der Waals surface area contributed by atoms with E-state index < -0.39 is 5.91 Å². The SMILES string of the molecule is CCN(CC)c1ccc(/C=C(/OC)C(=O)N(C=O)C=S)cc1.COC1CC1. The minimum atomic E-state index is -0.597. The normalized spacial score (nSPS) is 13.1. The van der Waals surface area contributed by atoms with Gasteiger partial charge in [-0.25, -0.2) is 4.90 Å². The molecule has 0 spiro atoms. The maximum Gasteiger partial charge on any atom is 0.300 e. The monoisotopic (exact) mass is 392 g/mol. The Morgan fingerprint density at radius 3 is 2.11 bits per heavy atom. The van der Waals surface area contributed by atoms with Crippen LogP contribution in [0.1, 0.15) is 32.3 Å². The molecule has 1 aliphatic carbocycles. The third-order valence-corrected chi connectivity index (χ3v) is 4.30. The second-order valence-electron chi connectivity index (χ2n) is 5.83. The van der Waals surface area contributed by atoms with Crippen molar-refractivity contribution in [2.45, 2.75) is 32.8 Å². The summed E-state index contributed by atoms with van der Waals surface area (Å²) in [5.74, 6) is -0.552. The van der Waals surface area contributed by atoms with Crippen LogP contribution in [0.25, 0.3) is 6.08 Å². The molecule has 0 radical (unpaired) electrons. The van der Waals surface area contributed by atoms with Crippen molar-refractivity contribution < 1.29 is 19.1 Å². The Morgan fingerprint density at radius 1 is 1.19 bits per heavy atom. The molecule has 0 unspecified atom stereocenters. The van der Waals surface area contributed by atoms with Crippen LogP contribution in [0, 0.1) is 0 Å². The van der Waals surface area contributed by atoms with Crippen LogP contribution in [-0.2, 0) is 19.1 Å². The second-order valence-corrected chi connectivity index (χ2v) is 6.05. The third kappa shape index (κ3) is 7.48. The first-order valence-electron chi connectivity index (χ1n) is 8.91. The number of nitrogens with zero attached hydrogens (tertiary/aromatic N) is 2. The first-order valence-corrected chi connectivity index (χ1v) is 9.38. The fraction of sp³-hybridized carbons (Fsp3) is 0.450. The number of amides is 2. The summed E-state index contributed by atoms with van der Waals surface area (Å²) in [6.07, 6.45) is 5.14. The lowest BCUT2D eigenvalue weighted by Crippen LogP contribution is -2.29. The molecular formula is C20H28N2O4S. The maximum absolute atomic E-state index is 12.0. The molecule has 0 atom stereocenters. The molecule has 2 amide bonds. The van der Waals surface area contributed by atoms with Gasteiger partial charge in [-0.05, 0) is 50.5 Å². The summed E-state index contributed by atoms with van der Waals surface area (Å²) in [6, 6.07) is 7.74. The number of imide groups is 1. The van der Waals surface area contributed by atoms with Gasteiger partial charge in [-0.2, -0.15) is 0 Å². The van der Waals surface area contributed by atoms with Gasteiger partial charge in [0, 0.05) is 25.9 Å². The van der Waals surface area contributed by atoms with Crippen LogP contribution in [0.3, 0.4) is 0 Å². The highest BCUT2D eigenvalue weighted by atomic mass is 32.1. The highest BCUT2D eigenvalue weighted by Crippen LogP contribution is 2.21. The number of hydrogen-bond donors (Lipinski definition) is 0. The van der Waals surface area contributed by atoms with Gasteiger partial charge >= 0.3 is 0 Å². The molecule has 0 heterocycles. The quantitative estimate of drug-likeness (QED) is 0.278. The predicted molar refractivity (Wildman–Crippen MR) is 112 cm³/mol. The van der Waals surface area contributed by atoms with Gasteiger partial charge in [-0.3, -0.25) is 9.59 Å². The molecule has 7 heteroatoms. The fourth-order valence-electron chi connectivity index (χ4n) is 2.28. The van der Waals surface area contributed by atoms with E-state index in [4.69, 9.17) is 9.47 Å². The van der Waals surface area contributed by atoms with Crippen LogP contribution >= 0.6 is 12.2 Å². The van der Waals surface area contributed by atoms with E-state index >= 15 is 0 Å². The molecule has 0 aromatic heterocycles. The highest BCUT2D eigenvalue weighted by Gasteiger charge is 2.19. The van der Waals surface area contributed by atoms with Crippen molar-refractivity contribution in [3.63, 3.8) is 0 Å². The van der Waals surface area contributed by atoms with Crippen molar-refractivity contribution in [3.05, 3.63) is 35.6 Å². The van der Waals surface area contributed by atoms with E-state index in [1.807, 2.05) is 24.3 Å². The third-order valence-electron chi connectivity index (χ3n) is 4.07. The molecule has 0 aliphatic heterocycles. The topological polar surface area (TPSA) is 59.1 Å². The molecule has 2 rings (SSSR count). The Balaban J connectivity index is 0.000000625. The number of benzene rings is 1. The Morgan fingerprint density at radius 2 is 1.78 bits per heavy atom. The zero-order valence-electron chi connectivity index (χ0n) is 16.4. The van der Waals surface area contributed by atoms with Crippen molar-refractivity contribution >= 4 is 41.8 Å². The predicted octanol–water partition coefficient (Wildman–Crippen LogP) is 3.26. The van der Waals surface area contributed by atoms with Gasteiger partial charge in [0.1, 0.15) is 0 Å². The van der Waals surface area contributed by atoms with Crippen molar-refractivity contribution in [2.24, 2.45) is 0 Å². The van der Waals surface area contributed by atoms with Gasteiger partial charge in [0.15, 0.2) is 5.76 Å². The van der Waals surface area contributed by atoms with E-state index in [9.17, 15) is 9.59 Å². The summed E-state index contributed by atoms with van der Waals surface area (Å²) in [7, 11) is 3.14. The molecule has 27 heavy (non-hydrogen) atoms. The summed E-state index contributed by atoms with van der Waals surface area (Å²) in [5, 5.41) is 0. The van der Waals surface area contributed by atoms with Gasteiger partial charge < -0.3 is 14.4 Å². The maximum atomic E-state index is 12.0. The number of methoxy groups -OCH3 is 2. The molecule has 1 aromatic rings. The summed E-state index contributed by atoms with van der Waals surface area (Å²) in [5.41, 5.74) is 2.89. The lowest BCUT2D eigenvalue weighted by atomic mass is 10.1. The van der Waals surface area contributed by atoms with E-state index in [1.54, 1.807) is 13.2 Å². The molecular weight excluding hydrogens is 364 g/mol. The molecule has 6 nitrogen and oxygen atoms in total. The van der Waals surface area contributed by atoms with Gasteiger partial charge in [0.25, 0.3) is 5.91 Å². The van der Waals surface area contributed by atoms with E-state index in [0.29, 0.717) is 12.5 Å². The Kier molecular flexibility index (Phi) is 10.3. The highest BCUT2D eigenvalue weighted by molar-refractivity contribution is 7.78. The van der Waals surface area contributed by atoms with Gasteiger partial charge in [0.05, 0.1) is 18.7 Å². The van der Waals surface area contributed by atoms with Gasteiger partial charge in [-0.1, -0.05) is 24.4 Å². The number of hydrogen-bond acceptors (Lipinski definition) is 6. The van der Waals surface area contributed by atoms with Crippen molar-refractivity contribution in [1.29, 1.82) is 0 Å². The zero-order valence-corrected chi connectivity index (χ0v) is 17.2. The number of carbonyl (C=O) groups is 2. The Hall–Kier alpha value is -2.25. The van der Waals surface area contributed by atoms with E-state index in [2.05, 4.69) is 31.0 Å². The molecule has 0 bridgehead atoms. The van der Waals surface area contributed by atoms with Gasteiger partial charge in [0.2, 0.25) is 6.41 Å². The Labute approximate surface area is 166 Å². The number of ether oxygens (including phenoxy) is 2. The van der Waals surface area contributed by atoms with Crippen LogP contribution in [0.15, 0.2) is 30.0 Å². The van der Waals surface area contributed by atoms with Crippen LogP contribution in [-0.4, -0.2) is 56.1 Å². The van der Waals surface area contributed by atoms with Gasteiger partial charge in [-0.15, -0.1) is 0 Å². The summed E-state index contributed by atoms with van der Waals surface area (Å²) in [4.78, 5) is 25.7. The summed E-state index contributed by atoms with van der Waals surface area (Å²) in [6.45, 7) is 6.05. The molecule has 0 saturated heterocycles. The van der Waals surface area contributed by atoms with E-state index in [1.165, 1.54) is 20.0 Å². The number of thiocarbonyl (C=S) groups is 1. The summed E-state index contributed by atoms with van der Waals surface area (Å²) >= 11 is 4.61. The average molecular weight is 393 g/mol.